The summed E-state index contributed by atoms with van der Waals surface area (Å²) in [5.74, 6) is -0.149. The molecule has 0 bridgehead atoms. The van der Waals surface area contributed by atoms with Gasteiger partial charge in [0.2, 0.25) is 0 Å². The third-order valence-corrected chi connectivity index (χ3v) is 3.77. The molecule has 1 N–H and O–H groups in total. The molecule has 0 aliphatic rings. The van der Waals surface area contributed by atoms with Crippen LogP contribution in [0.15, 0.2) is 29.6 Å². The van der Waals surface area contributed by atoms with E-state index in [0.717, 1.165) is 6.20 Å². The van der Waals surface area contributed by atoms with Crippen molar-refractivity contribution in [3.63, 3.8) is 0 Å². The Morgan fingerprint density at radius 1 is 1.17 bits per heavy atom. The summed E-state index contributed by atoms with van der Waals surface area (Å²) in [6.45, 7) is 0. The standard InChI is InChI=1S/C8H5Cl2N5O2S/c9-6-3-5(4-12-7(6)10)18(16,17)15-8-11-1-2-13-14-8/h1-4H,(H,11,14,15). The molecule has 2 heterocycles. The Labute approximate surface area is 112 Å². The molecule has 0 aliphatic carbocycles. The van der Waals surface area contributed by atoms with E-state index in [1.807, 2.05) is 0 Å². The van der Waals surface area contributed by atoms with Crippen molar-refractivity contribution >= 4 is 39.2 Å². The van der Waals surface area contributed by atoms with Gasteiger partial charge in [-0.1, -0.05) is 23.2 Å². The largest absolute Gasteiger partial charge is 0.265 e. The Morgan fingerprint density at radius 2 is 1.94 bits per heavy atom. The van der Waals surface area contributed by atoms with Crippen LogP contribution in [0.25, 0.3) is 0 Å². The van der Waals surface area contributed by atoms with Gasteiger partial charge in [0, 0.05) is 6.20 Å². The van der Waals surface area contributed by atoms with E-state index in [4.69, 9.17) is 23.2 Å². The van der Waals surface area contributed by atoms with E-state index in [1.54, 1.807) is 0 Å². The summed E-state index contributed by atoms with van der Waals surface area (Å²) >= 11 is 11.3. The number of hydrogen-bond donors (Lipinski definition) is 1. The van der Waals surface area contributed by atoms with Crippen LogP contribution >= 0.6 is 23.2 Å². The van der Waals surface area contributed by atoms with E-state index in [1.165, 1.54) is 18.5 Å². The summed E-state index contributed by atoms with van der Waals surface area (Å²) in [5.41, 5.74) is 0. The summed E-state index contributed by atoms with van der Waals surface area (Å²) in [6, 6.07) is 1.18. The van der Waals surface area contributed by atoms with Gasteiger partial charge >= 0.3 is 0 Å². The average Bonchev–Trinajstić information content (AvgIpc) is 2.33. The van der Waals surface area contributed by atoms with Crippen LogP contribution in [0.4, 0.5) is 5.95 Å². The molecule has 7 nitrogen and oxygen atoms in total. The van der Waals surface area contributed by atoms with E-state index in [-0.39, 0.29) is 21.0 Å². The fourth-order valence-electron chi connectivity index (χ4n) is 1.02. The Morgan fingerprint density at radius 3 is 2.56 bits per heavy atom. The minimum atomic E-state index is -3.87. The third kappa shape index (κ3) is 2.84. The van der Waals surface area contributed by atoms with Crippen LogP contribution in [-0.4, -0.2) is 28.6 Å². The second kappa shape index (κ2) is 5.01. The lowest BCUT2D eigenvalue weighted by Gasteiger charge is -2.05. The van der Waals surface area contributed by atoms with Crippen LogP contribution in [-0.2, 0) is 10.0 Å². The maximum atomic E-state index is 11.9. The molecule has 2 aromatic heterocycles. The first kappa shape index (κ1) is 12.9. The summed E-state index contributed by atoms with van der Waals surface area (Å²) in [4.78, 5) is 7.18. The molecule has 0 aromatic carbocycles. The van der Waals surface area contributed by atoms with Crippen molar-refractivity contribution < 1.29 is 8.42 Å². The molecule has 0 aliphatic heterocycles. The van der Waals surface area contributed by atoms with E-state index in [9.17, 15) is 8.42 Å². The first-order chi connectivity index (χ1) is 8.49. The zero-order chi connectivity index (χ0) is 13.2. The number of nitrogens with one attached hydrogen (secondary N) is 1. The maximum absolute atomic E-state index is 11.9. The topological polar surface area (TPSA) is 97.7 Å². The monoisotopic (exact) mass is 305 g/mol. The average molecular weight is 306 g/mol. The normalized spacial score (nSPS) is 11.2. The Kier molecular flexibility index (Phi) is 3.60. The molecule has 94 valence electrons. The predicted octanol–water partition coefficient (Wildman–Crippen LogP) is 1.37. The van der Waals surface area contributed by atoms with Gasteiger partial charge in [-0.05, 0) is 6.07 Å². The van der Waals surface area contributed by atoms with Crippen molar-refractivity contribution in [1.29, 1.82) is 0 Å². The molecule has 0 fully saturated rings. The molecule has 2 rings (SSSR count). The van der Waals surface area contributed by atoms with Gasteiger partial charge in [0.15, 0.2) is 0 Å². The smallest absolute Gasteiger partial charge is 0.246 e. The summed E-state index contributed by atoms with van der Waals surface area (Å²) in [6.07, 6.45) is 3.70. The fraction of sp³-hybridized carbons (Fsp3) is 0. The lowest BCUT2D eigenvalue weighted by molar-refractivity contribution is 0.600. The fourth-order valence-corrected chi connectivity index (χ4v) is 2.27. The minimum absolute atomic E-state index is 0.0215. The number of pyridine rings is 1. The molecule has 18 heavy (non-hydrogen) atoms. The van der Waals surface area contributed by atoms with Gasteiger partial charge in [-0.3, -0.25) is 0 Å². The van der Waals surface area contributed by atoms with E-state index >= 15 is 0 Å². The van der Waals surface area contributed by atoms with Crippen molar-refractivity contribution in [2.24, 2.45) is 0 Å². The highest BCUT2D eigenvalue weighted by Gasteiger charge is 2.17. The highest BCUT2D eigenvalue weighted by Crippen LogP contribution is 2.22. The maximum Gasteiger partial charge on any atom is 0.265 e. The number of hydrogen-bond acceptors (Lipinski definition) is 6. The molecule has 10 heteroatoms. The van der Waals surface area contributed by atoms with Gasteiger partial charge in [0.1, 0.15) is 10.0 Å². The summed E-state index contributed by atoms with van der Waals surface area (Å²) < 4.78 is 25.9. The minimum Gasteiger partial charge on any atom is -0.246 e. The molecule has 0 amide bonds. The first-order valence-corrected chi connectivity index (χ1v) is 6.70. The molecule has 0 spiro atoms. The number of halogens is 2. The molecule has 2 aromatic rings. The molecule has 0 unspecified atom stereocenters. The number of anilines is 1. The van der Waals surface area contributed by atoms with Crippen LogP contribution in [0.2, 0.25) is 10.2 Å². The van der Waals surface area contributed by atoms with E-state index in [0.29, 0.717) is 0 Å². The number of sulfonamides is 1. The second-order valence-electron chi connectivity index (χ2n) is 3.02. The molecule has 0 atom stereocenters. The Bertz CT molecular complexity index is 664. The zero-order valence-corrected chi connectivity index (χ0v) is 10.9. The van der Waals surface area contributed by atoms with Gasteiger partial charge < -0.3 is 0 Å². The van der Waals surface area contributed by atoms with Gasteiger partial charge in [0.05, 0.1) is 17.4 Å². The predicted molar refractivity (Wildman–Crippen MR) is 64.9 cm³/mol. The van der Waals surface area contributed by atoms with Crippen molar-refractivity contribution in [3.8, 4) is 0 Å². The summed E-state index contributed by atoms with van der Waals surface area (Å²) in [5, 5.41) is 7.05. The van der Waals surface area contributed by atoms with Crippen LogP contribution in [0.1, 0.15) is 0 Å². The number of rotatable bonds is 3. The highest BCUT2D eigenvalue weighted by molar-refractivity contribution is 7.92. The van der Waals surface area contributed by atoms with Crippen LogP contribution in [0.5, 0.6) is 0 Å². The third-order valence-electron chi connectivity index (χ3n) is 1.79. The van der Waals surface area contributed by atoms with E-state index in [2.05, 4.69) is 24.9 Å². The van der Waals surface area contributed by atoms with Crippen LogP contribution < -0.4 is 4.72 Å². The van der Waals surface area contributed by atoms with Crippen molar-refractivity contribution in [2.75, 3.05) is 4.72 Å². The van der Waals surface area contributed by atoms with Gasteiger partial charge in [0.25, 0.3) is 16.0 Å². The second-order valence-corrected chi connectivity index (χ2v) is 5.46. The Balaban J connectivity index is 2.34. The molecule has 0 saturated carbocycles. The lowest BCUT2D eigenvalue weighted by atomic mass is 10.5. The van der Waals surface area contributed by atoms with Gasteiger partial charge in [-0.25, -0.2) is 23.1 Å². The molecular formula is C8H5Cl2N5O2S. The molecule has 0 saturated heterocycles. The van der Waals surface area contributed by atoms with Crippen molar-refractivity contribution in [1.82, 2.24) is 20.2 Å². The van der Waals surface area contributed by atoms with Crippen molar-refractivity contribution in [3.05, 3.63) is 34.8 Å². The quantitative estimate of drug-likeness (QED) is 0.860. The van der Waals surface area contributed by atoms with Gasteiger partial charge in [-0.2, -0.15) is 5.10 Å². The number of aromatic nitrogens is 4. The number of nitrogens with zero attached hydrogens (tertiary/aromatic N) is 4. The van der Waals surface area contributed by atoms with E-state index < -0.39 is 10.0 Å². The molecule has 0 radical (unpaired) electrons. The van der Waals surface area contributed by atoms with Crippen LogP contribution in [0, 0.1) is 0 Å². The first-order valence-electron chi connectivity index (χ1n) is 4.46. The molecular weight excluding hydrogens is 301 g/mol. The zero-order valence-electron chi connectivity index (χ0n) is 8.58. The Hall–Kier alpha value is -1.51. The highest BCUT2D eigenvalue weighted by atomic mass is 35.5. The SMILES string of the molecule is O=S(=O)(Nc1nccnn1)c1cnc(Cl)c(Cl)c1. The van der Waals surface area contributed by atoms with Crippen molar-refractivity contribution in [2.45, 2.75) is 4.90 Å². The van der Waals surface area contributed by atoms with Crippen LogP contribution in [0.3, 0.4) is 0 Å². The van der Waals surface area contributed by atoms with Gasteiger partial charge in [-0.15, -0.1) is 5.10 Å². The lowest BCUT2D eigenvalue weighted by Crippen LogP contribution is -2.15. The summed E-state index contributed by atoms with van der Waals surface area (Å²) in [7, 11) is -3.87.